The highest BCUT2D eigenvalue weighted by molar-refractivity contribution is 7.15. The zero-order valence-corrected chi connectivity index (χ0v) is 22.3. The number of para-hydroxylation sites is 2. The van der Waals surface area contributed by atoms with Crippen molar-refractivity contribution in [2.45, 2.75) is 25.8 Å². The molecule has 6 nitrogen and oxygen atoms in total. The average Bonchev–Trinajstić information content (AvgIpc) is 3.59. The number of rotatable bonds is 8. The van der Waals surface area contributed by atoms with Crippen LogP contribution in [0, 0.1) is 6.92 Å². The first-order valence-electron chi connectivity index (χ1n) is 12.9. The van der Waals surface area contributed by atoms with Crippen LogP contribution in [0.4, 0.5) is 0 Å². The molecular weight excluding hydrogens is 502 g/mol. The highest BCUT2D eigenvalue weighted by Gasteiger charge is 2.22. The SMILES string of the molecule is Cc1ccc(-c2nc(-c3cccnc3)sc2CC(=O)NC(Cc2ccccc2)c2nc3ccccc3[nH]2)cc1. The summed E-state index contributed by atoms with van der Waals surface area (Å²) in [6.07, 6.45) is 4.39. The summed E-state index contributed by atoms with van der Waals surface area (Å²) in [5.41, 5.74) is 6.89. The standard InChI is InChI=1S/C32H27N5OS/c1-21-13-15-23(16-14-21)30-28(39-32(37-30)24-10-7-17-33-20-24)19-29(38)34-27(18-22-8-3-2-4-9-22)31-35-25-11-5-6-12-26(25)36-31/h2-17,20,27H,18-19H2,1H3,(H,34,38)(H,35,36). The maximum absolute atomic E-state index is 13.6. The molecule has 1 unspecified atom stereocenters. The van der Waals surface area contributed by atoms with Crippen molar-refractivity contribution >= 4 is 28.3 Å². The number of fused-ring (bicyclic) bond motifs is 1. The van der Waals surface area contributed by atoms with E-state index in [1.54, 1.807) is 12.4 Å². The van der Waals surface area contributed by atoms with E-state index in [0.29, 0.717) is 6.42 Å². The van der Waals surface area contributed by atoms with Crippen molar-refractivity contribution in [3.63, 3.8) is 0 Å². The van der Waals surface area contributed by atoms with Crippen molar-refractivity contribution in [1.82, 2.24) is 25.3 Å². The number of aromatic nitrogens is 4. The largest absolute Gasteiger partial charge is 0.345 e. The van der Waals surface area contributed by atoms with Crippen molar-refractivity contribution in [2.24, 2.45) is 0 Å². The number of H-pyrrole nitrogens is 1. The van der Waals surface area contributed by atoms with Crippen LogP contribution in [0.3, 0.4) is 0 Å². The molecule has 0 aliphatic carbocycles. The fraction of sp³-hybridized carbons (Fsp3) is 0.125. The lowest BCUT2D eigenvalue weighted by Crippen LogP contribution is -2.31. The third-order valence-corrected chi connectivity index (χ3v) is 7.71. The van der Waals surface area contributed by atoms with Crippen LogP contribution in [0.25, 0.3) is 32.9 Å². The number of amides is 1. The highest BCUT2D eigenvalue weighted by Crippen LogP contribution is 2.34. The van der Waals surface area contributed by atoms with Gasteiger partial charge in [0.25, 0.3) is 0 Å². The molecule has 3 aromatic heterocycles. The molecule has 0 spiro atoms. The topological polar surface area (TPSA) is 83.6 Å². The normalized spacial score (nSPS) is 11.9. The first-order chi connectivity index (χ1) is 19.1. The number of aryl methyl sites for hydroxylation is 1. The molecule has 0 saturated heterocycles. The van der Waals surface area contributed by atoms with Crippen LogP contribution >= 0.6 is 11.3 Å². The third kappa shape index (κ3) is 5.63. The molecule has 1 atom stereocenters. The molecule has 0 saturated carbocycles. The quantitative estimate of drug-likeness (QED) is 0.230. The molecular formula is C32H27N5OS. The van der Waals surface area contributed by atoms with Crippen LogP contribution in [-0.4, -0.2) is 25.8 Å². The maximum Gasteiger partial charge on any atom is 0.225 e. The van der Waals surface area contributed by atoms with Gasteiger partial charge in [-0.1, -0.05) is 72.3 Å². The second kappa shape index (κ2) is 11.0. The Morgan fingerprint density at radius 3 is 2.46 bits per heavy atom. The van der Waals surface area contributed by atoms with Gasteiger partial charge in [0.1, 0.15) is 10.8 Å². The Morgan fingerprint density at radius 2 is 1.69 bits per heavy atom. The second-order valence-corrected chi connectivity index (χ2v) is 10.6. The summed E-state index contributed by atoms with van der Waals surface area (Å²) in [4.78, 5) is 31.9. The maximum atomic E-state index is 13.6. The molecule has 1 amide bonds. The second-order valence-electron chi connectivity index (χ2n) is 9.52. The minimum atomic E-state index is -0.305. The predicted octanol–water partition coefficient (Wildman–Crippen LogP) is 6.70. The van der Waals surface area contributed by atoms with Crippen molar-refractivity contribution in [2.75, 3.05) is 0 Å². The van der Waals surface area contributed by atoms with Crippen LogP contribution in [0.1, 0.15) is 27.9 Å². The predicted molar refractivity (Wildman–Crippen MR) is 156 cm³/mol. The number of carbonyl (C=O) groups excluding carboxylic acids is 1. The Hall–Kier alpha value is -4.62. The van der Waals surface area contributed by atoms with Gasteiger partial charge >= 0.3 is 0 Å². The number of nitrogens with zero attached hydrogens (tertiary/aromatic N) is 3. The molecule has 0 radical (unpaired) electrons. The molecule has 6 rings (SSSR count). The van der Waals surface area contributed by atoms with Crippen LogP contribution in [0.2, 0.25) is 0 Å². The Bertz CT molecular complexity index is 1680. The molecule has 7 heteroatoms. The van der Waals surface area contributed by atoms with Crippen LogP contribution in [0.15, 0.2) is 103 Å². The van der Waals surface area contributed by atoms with E-state index in [4.69, 9.17) is 9.97 Å². The van der Waals surface area contributed by atoms with Gasteiger partial charge in [-0.05, 0) is 43.2 Å². The summed E-state index contributed by atoms with van der Waals surface area (Å²) in [5.74, 6) is 0.665. The smallest absolute Gasteiger partial charge is 0.225 e. The Labute approximate surface area is 230 Å². The number of thiazole rings is 1. The fourth-order valence-electron chi connectivity index (χ4n) is 4.62. The lowest BCUT2D eigenvalue weighted by atomic mass is 10.0. The number of benzene rings is 3. The van der Waals surface area contributed by atoms with Crippen LogP contribution < -0.4 is 5.32 Å². The first-order valence-corrected chi connectivity index (χ1v) is 13.7. The molecule has 192 valence electrons. The van der Waals surface area contributed by atoms with E-state index in [9.17, 15) is 4.79 Å². The lowest BCUT2D eigenvalue weighted by molar-refractivity contribution is -0.121. The van der Waals surface area contributed by atoms with E-state index in [-0.39, 0.29) is 18.4 Å². The van der Waals surface area contributed by atoms with Crippen molar-refractivity contribution in [3.8, 4) is 21.8 Å². The van der Waals surface area contributed by atoms with Crippen molar-refractivity contribution in [3.05, 3.63) is 125 Å². The third-order valence-electron chi connectivity index (χ3n) is 6.61. The summed E-state index contributed by atoms with van der Waals surface area (Å²) in [6.45, 7) is 2.06. The Kier molecular flexibility index (Phi) is 6.97. The van der Waals surface area contributed by atoms with Gasteiger partial charge in [-0.2, -0.15) is 0 Å². The summed E-state index contributed by atoms with van der Waals surface area (Å²) < 4.78 is 0. The van der Waals surface area contributed by atoms with E-state index in [0.717, 1.165) is 49.1 Å². The minimum Gasteiger partial charge on any atom is -0.345 e. The molecule has 6 aromatic rings. The van der Waals surface area contributed by atoms with Gasteiger partial charge in [0.15, 0.2) is 0 Å². The number of aromatic amines is 1. The van der Waals surface area contributed by atoms with Gasteiger partial charge in [-0.15, -0.1) is 11.3 Å². The number of hydrogen-bond donors (Lipinski definition) is 2. The van der Waals surface area contributed by atoms with Crippen molar-refractivity contribution < 1.29 is 4.79 Å². The van der Waals surface area contributed by atoms with Gasteiger partial charge < -0.3 is 10.3 Å². The lowest BCUT2D eigenvalue weighted by Gasteiger charge is -2.17. The summed E-state index contributed by atoms with van der Waals surface area (Å²) >= 11 is 1.54. The van der Waals surface area contributed by atoms with Crippen LogP contribution in [-0.2, 0) is 17.6 Å². The minimum absolute atomic E-state index is 0.0777. The average molecular weight is 530 g/mol. The van der Waals surface area contributed by atoms with E-state index in [2.05, 4.69) is 58.6 Å². The van der Waals surface area contributed by atoms with Gasteiger partial charge in [-0.3, -0.25) is 9.78 Å². The summed E-state index contributed by atoms with van der Waals surface area (Å²) in [5, 5.41) is 4.11. The van der Waals surface area contributed by atoms with E-state index < -0.39 is 0 Å². The zero-order chi connectivity index (χ0) is 26.6. The van der Waals surface area contributed by atoms with E-state index in [1.165, 1.54) is 16.9 Å². The molecule has 3 heterocycles. The van der Waals surface area contributed by atoms with Gasteiger partial charge in [0.2, 0.25) is 5.91 Å². The number of hydrogen-bond acceptors (Lipinski definition) is 5. The van der Waals surface area contributed by atoms with Gasteiger partial charge in [0.05, 0.1) is 29.2 Å². The molecule has 0 fully saturated rings. The Morgan fingerprint density at radius 1 is 0.897 bits per heavy atom. The number of pyridine rings is 1. The molecule has 0 bridgehead atoms. The number of nitrogens with one attached hydrogen (secondary N) is 2. The van der Waals surface area contributed by atoms with E-state index in [1.807, 2.05) is 54.6 Å². The van der Waals surface area contributed by atoms with E-state index >= 15 is 0 Å². The summed E-state index contributed by atoms with van der Waals surface area (Å²) in [6, 6.07) is 29.9. The fourth-order valence-corrected chi connectivity index (χ4v) is 5.69. The number of imidazole rings is 1. The summed E-state index contributed by atoms with van der Waals surface area (Å²) in [7, 11) is 0. The Balaban J connectivity index is 1.31. The molecule has 0 aliphatic heterocycles. The van der Waals surface area contributed by atoms with Gasteiger partial charge in [-0.25, -0.2) is 9.97 Å². The zero-order valence-electron chi connectivity index (χ0n) is 21.5. The molecule has 2 N–H and O–H groups in total. The molecule has 3 aromatic carbocycles. The van der Waals surface area contributed by atoms with Crippen LogP contribution in [0.5, 0.6) is 0 Å². The van der Waals surface area contributed by atoms with Crippen molar-refractivity contribution in [1.29, 1.82) is 0 Å². The monoisotopic (exact) mass is 529 g/mol. The first kappa shape index (κ1) is 24.7. The number of carbonyl (C=O) groups is 1. The molecule has 39 heavy (non-hydrogen) atoms. The molecule has 0 aliphatic rings. The highest BCUT2D eigenvalue weighted by atomic mass is 32.1. The van der Waals surface area contributed by atoms with Gasteiger partial charge in [0, 0.05) is 28.4 Å².